The lowest BCUT2D eigenvalue weighted by molar-refractivity contribution is 0.242. The molecule has 0 radical (unpaired) electrons. The van der Waals surface area contributed by atoms with Gasteiger partial charge in [0.05, 0.1) is 6.10 Å². The van der Waals surface area contributed by atoms with Crippen molar-refractivity contribution in [1.82, 2.24) is 4.98 Å². The van der Waals surface area contributed by atoms with Gasteiger partial charge in [0.1, 0.15) is 5.75 Å². The molecule has 120 valence electrons. The molecular weight excluding hydrogens is 284 g/mol. The van der Waals surface area contributed by atoms with Gasteiger partial charge >= 0.3 is 0 Å². The number of hydrogen-bond acceptors (Lipinski definition) is 2. The second-order valence-electron chi connectivity index (χ2n) is 6.24. The highest BCUT2D eigenvalue weighted by Gasteiger charge is 2.15. The molecule has 0 bridgehead atoms. The molecule has 0 aliphatic heterocycles. The minimum Gasteiger partial charge on any atom is -0.491 e. The summed E-state index contributed by atoms with van der Waals surface area (Å²) < 4.78 is 5.79. The number of nitrogens with two attached hydrogens (primary N) is 1. The molecule has 3 rings (SSSR count). The molecule has 1 atom stereocenters. The van der Waals surface area contributed by atoms with Crippen molar-refractivity contribution in [3.8, 4) is 5.75 Å². The molecule has 1 heterocycles. The van der Waals surface area contributed by atoms with Crippen LogP contribution in [0.4, 0.5) is 0 Å². The fourth-order valence-electron chi connectivity index (χ4n) is 3.05. The maximum atomic E-state index is 6.08. The van der Waals surface area contributed by atoms with E-state index in [-0.39, 0.29) is 6.10 Å². The lowest BCUT2D eigenvalue weighted by Crippen LogP contribution is -2.15. The molecule has 3 aromatic rings. The number of aromatic amines is 1. The van der Waals surface area contributed by atoms with E-state index in [9.17, 15) is 0 Å². The Hall–Kier alpha value is -2.26. The molecule has 3 N–H and O–H groups in total. The average molecular weight is 308 g/mol. The summed E-state index contributed by atoms with van der Waals surface area (Å²) >= 11 is 0. The van der Waals surface area contributed by atoms with Gasteiger partial charge in [0.15, 0.2) is 0 Å². The second kappa shape index (κ2) is 6.88. The monoisotopic (exact) mass is 308 g/mol. The van der Waals surface area contributed by atoms with E-state index in [0.29, 0.717) is 12.5 Å². The van der Waals surface area contributed by atoms with Gasteiger partial charge in [0.25, 0.3) is 0 Å². The number of para-hydroxylation sites is 1. The van der Waals surface area contributed by atoms with Crippen molar-refractivity contribution in [1.29, 1.82) is 0 Å². The zero-order chi connectivity index (χ0) is 16.2. The minimum atomic E-state index is 0.184. The molecule has 3 heteroatoms. The average Bonchev–Trinajstić information content (AvgIpc) is 2.96. The van der Waals surface area contributed by atoms with Crippen molar-refractivity contribution in [2.24, 2.45) is 5.73 Å². The lowest BCUT2D eigenvalue weighted by Gasteiger charge is -2.16. The zero-order valence-electron chi connectivity index (χ0n) is 13.8. The number of rotatable bonds is 6. The topological polar surface area (TPSA) is 51.0 Å². The molecule has 0 saturated heterocycles. The van der Waals surface area contributed by atoms with E-state index < -0.39 is 0 Å². The fourth-order valence-corrected chi connectivity index (χ4v) is 3.05. The van der Waals surface area contributed by atoms with E-state index in [0.717, 1.165) is 17.7 Å². The number of ether oxygens (including phenoxy) is 1. The Labute approximate surface area is 137 Å². The Kier molecular flexibility index (Phi) is 4.68. The Morgan fingerprint density at radius 3 is 2.70 bits per heavy atom. The SMILES string of the molecule is CC(C)Oc1cccc(CC(CN)c2c[nH]c3ccccc23)c1. The number of benzene rings is 2. The highest BCUT2D eigenvalue weighted by molar-refractivity contribution is 5.83. The van der Waals surface area contributed by atoms with E-state index in [1.807, 2.05) is 26.0 Å². The van der Waals surface area contributed by atoms with Gasteiger partial charge in [0.2, 0.25) is 0 Å². The van der Waals surface area contributed by atoms with Crippen LogP contribution in [-0.4, -0.2) is 17.6 Å². The maximum Gasteiger partial charge on any atom is 0.119 e. The van der Waals surface area contributed by atoms with Crippen molar-refractivity contribution in [3.63, 3.8) is 0 Å². The maximum absolute atomic E-state index is 6.08. The summed E-state index contributed by atoms with van der Waals surface area (Å²) in [6.07, 6.45) is 3.19. The van der Waals surface area contributed by atoms with Crippen molar-refractivity contribution in [3.05, 3.63) is 65.9 Å². The molecule has 0 saturated carbocycles. The Morgan fingerprint density at radius 1 is 1.09 bits per heavy atom. The summed E-state index contributed by atoms with van der Waals surface area (Å²) in [5, 5.41) is 1.26. The number of H-pyrrole nitrogens is 1. The molecule has 1 aromatic heterocycles. The van der Waals surface area contributed by atoms with Crippen LogP contribution in [-0.2, 0) is 6.42 Å². The molecule has 0 fully saturated rings. The van der Waals surface area contributed by atoms with Gasteiger partial charge < -0.3 is 15.5 Å². The van der Waals surface area contributed by atoms with Gasteiger partial charge in [-0.05, 0) is 56.1 Å². The van der Waals surface area contributed by atoms with Crippen molar-refractivity contribution >= 4 is 10.9 Å². The molecule has 1 unspecified atom stereocenters. The largest absolute Gasteiger partial charge is 0.491 e. The molecule has 0 spiro atoms. The Morgan fingerprint density at radius 2 is 1.91 bits per heavy atom. The molecular formula is C20H24N2O. The predicted molar refractivity (Wildman–Crippen MR) is 96.0 cm³/mol. The fraction of sp³-hybridized carbons (Fsp3) is 0.300. The van der Waals surface area contributed by atoms with Crippen LogP contribution < -0.4 is 10.5 Å². The first kappa shape index (κ1) is 15.6. The van der Waals surface area contributed by atoms with E-state index >= 15 is 0 Å². The number of fused-ring (bicyclic) bond motifs is 1. The molecule has 0 amide bonds. The summed E-state index contributed by atoms with van der Waals surface area (Å²) in [6, 6.07) is 16.7. The van der Waals surface area contributed by atoms with Gasteiger partial charge in [-0.15, -0.1) is 0 Å². The summed E-state index contributed by atoms with van der Waals surface area (Å²) in [4.78, 5) is 3.35. The Balaban J connectivity index is 1.85. The first-order chi connectivity index (χ1) is 11.2. The van der Waals surface area contributed by atoms with Crippen LogP contribution in [0.3, 0.4) is 0 Å². The third-order valence-corrected chi connectivity index (χ3v) is 4.10. The van der Waals surface area contributed by atoms with Gasteiger partial charge in [-0.25, -0.2) is 0 Å². The van der Waals surface area contributed by atoms with Crippen LogP contribution in [0.1, 0.15) is 30.9 Å². The first-order valence-electron chi connectivity index (χ1n) is 8.19. The van der Waals surface area contributed by atoms with Crippen molar-refractivity contribution in [2.45, 2.75) is 32.3 Å². The number of aromatic nitrogens is 1. The van der Waals surface area contributed by atoms with E-state index in [1.165, 1.54) is 16.5 Å². The molecule has 23 heavy (non-hydrogen) atoms. The standard InChI is InChI=1S/C20H24N2O/c1-14(2)23-17-7-5-6-15(11-17)10-16(12-21)19-13-22-20-9-4-3-8-18(19)20/h3-9,11,13-14,16,22H,10,12,21H2,1-2H3. The van der Waals surface area contributed by atoms with Crippen LogP contribution in [0.15, 0.2) is 54.7 Å². The highest BCUT2D eigenvalue weighted by Crippen LogP contribution is 2.28. The van der Waals surface area contributed by atoms with E-state index in [4.69, 9.17) is 10.5 Å². The van der Waals surface area contributed by atoms with Crippen LogP contribution in [0.25, 0.3) is 10.9 Å². The highest BCUT2D eigenvalue weighted by atomic mass is 16.5. The van der Waals surface area contributed by atoms with Crippen molar-refractivity contribution in [2.75, 3.05) is 6.54 Å². The van der Waals surface area contributed by atoms with E-state index in [1.54, 1.807) is 0 Å². The van der Waals surface area contributed by atoms with Gasteiger partial charge in [-0.2, -0.15) is 0 Å². The predicted octanol–water partition coefficient (Wildman–Crippen LogP) is 4.24. The quantitative estimate of drug-likeness (QED) is 0.715. The third kappa shape index (κ3) is 3.57. The summed E-state index contributed by atoms with van der Waals surface area (Å²) in [6.45, 7) is 4.71. The normalized spacial score (nSPS) is 12.7. The second-order valence-corrected chi connectivity index (χ2v) is 6.24. The van der Waals surface area contributed by atoms with Gasteiger partial charge in [-0.1, -0.05) is 30.3 Å². The van der Waals surface area contributed by atoms with Crippen LogP contribution in [0.5, 0.6) is 5.75 Å². The lowest BCUT2D eigenvalue weighted by atomic mass is 9.91. The van der Waals surface area contributed by atoms with Gasteiger partial charge in [0, 0.05) is 23.0 Å². The molecule has 0 aliphatic carbocycles. The molecule has 0 aliphatic rings. The van der Waals surface area contributed by atoms with E-state index in [2.05, 4.69) is 47.6 Å². The summed E-state index contributed by atoms with van der Waals surface area (Å²) in [5.41, 5.74) is 9.78. The molecule has 2 aromatic carbocycles. The number of hydrogen-bond donors (Lipinski definition) is 2. The van der Waals surface area contributed by atoms with Crippen molar-refractivity contribution < 1.29 is 4.74 Å². The van der Waals surface area contributed by atoms with Crippen LogP contribution in [0, 0.1) is 0 Å². The molecule has 3 nitrogen and oxygen atoms in total. The number of nitrogens with one attached hydrogen (secondary N) is 1. The minimum absolute atomic E-state index is 0.184. The first-order valence-corrected chi connectivity index (χ1v) is 8.19. The summed E-state index contributed by atoms with van der Waals surface area (Å²) in [7, 11) is 0. The Bertz CT molecular complexity index is 776. The van der Waals surface area contributed by atoms with Crippen LogP contribution >= 0.6 is 0 Å². The van der Waals surface area contributed by atoms with Gasteiger partial charge in [-0.3, -0.25) is 0 Å². The zero-order valence-corrected chi connectivity index (χ0v) is 13.8. The van der Waals surface area contributed by atoms with Crippen LogP contribution in [0.2, 0.25) is 0 Å². The summed E-state index contributed by atoms with van der Waals surface area (Å²) in [5.74, 6) is 1.22. The smallest absolute Gasteiger partial charge is 0.119 e. The third-order valence-electron chi connectivity index (χ3n) is 4.10.